The van der Waals surface area contributed by atoms with Crippen molar-refractivity contribution in [1.82, 2.24) is 19.7 Å². The molecule has 1 aliphatic carbocycles. The van der Waals surface area contributed by atoms with E-state index in [4.69, 9.17) is 4.98 Å². The molecule has 5 heteroatoms. The number of aromatic nitrogens is 3. The summed E-state index contributed by atoms with van der Waals surface area (Å²) < 4.78 is 1.88. The highest BCUT2D eigenvalue weighted by Gasteiger charge is 2.24. The molecule has 3 aromatic rings. The van der Waals surface area contributed by atoms with Gasteiger partial charge in [-0.05, 0) is 31.9 Å². The van der Waals surface area contributed by atoms with E-state index in [1.807, 2.05) is 59.4 Å². The number of nitrogens with zero attached hydrogens (tertiary/aromatic N) is 4. The normalized spacial score (nSPS) is 15.5. The lowest BCUT2D eigenvalue weighted by molar-refractivity contribution is 0.0719. The number of hydrogen-bond acceptors (Lipinski definition) is 3. The average molecular weight is 377 g/mol. The maximum absolute atomic E-state index is 13.5. The van der Waals surface area contributed by atoms with E-state index in [-0.39, 0.29) is 5.91 Å². The molecule has 5 nitrogen and oxygen atoms in total. The van der Waals surface area contributed by atoms with Gasteiger partial charge in [0.05, 0.1) is 23.0 Å². The number of pyridine rings is 1. The van der Waals surface area contributed by atoms with E-state index in [0.717, 1.165) is 47.1 Å². The Morgan fingerprint density at radius 2 is 1.93 bits per heavy atom. The van der Waals surface area contributed by atoms with E-state index in [1.54, 1.807) is 0 Å². The largest absolute Gasteiger partial charge is 0.339 e. The van der Waals surface area contributed by atoms with E-state index in [1.165, 1.54) is 25.7 Å². The lowest BCUT2D eigenvalue weighted by atomic mass is 10.0. The summed E-state index contributed by atoms with van der Waals surface area (Å²) in [6.07, 6.45) is 11.0. The number of carbonyl (C=O) groups excluding carboxylic acids is 1. The number of fused-ring (bicyclic) bond motifs is 1. The summed E-state index contributed by atoms with van der Waals surface area (Å²) in [6.45, 7) is 2.87. The molecular formula is C23H28N4O. The molecule has 1 amide bonds. The number of rotatable bonds is 4. The second-order valence-electron chi connectivity index (χ2n) is 7.72. The van der Waals surface area contributed by atoms with Crippen LogP contribution in [0.2, 0.25) is 0 Å². The monoisotopic (exact) mass is 376 g/mol. The first-order valence-electron chi connectivity index (χ1n) is 10.4. The van der Waals surface area contributed by atoms with E-state index < -0.39 is 0 Å². The first-order chi connectivity index (χ1) is 13.7. The average Bonchev–Trinajstić information content (AvgIpc) is 3.06. The van der Waals surface area contributed by atoms with Gasteiger partial charge in [-0.3, -0.25) is 9.48 Å². The second kappa shape index (κ2) is 8.13. The van der Waals surface area contributed by atoms with Crippen LogP contribution in [0, 0.1) is 0 Å². The van der Waals surface area contributed by atoms with Crippen LogP contribution in [0.15, 0.2) is 42.7 Å². The predicted molar refractivity (Wildman–Crippen MR) is 112 cm³/mol. The van der Waals surface area contributed by atoms with Crippen molar-refractivity contribution in [2.45, 2.75) is 58.0 Å². The van der Waals surface area contributed by atoms with Crippen LogP contribution in [0.5, 0.6) is 0 Å². The smallest absolute Gasteiger partial charge is 0.254 e. The quantitative estimate of drug-likeness (QED) is 0.608. The van der Waals surface area contributed by atoms with Gasteiger partial charge < -0.3 is 4.90 Å². The van der Waals surface area contributed by atoms with Crippen LogP contribution < -0.4 is 0 Å². The summed E-state index contributed by atoms with van der Waals surface area (Å²) in [5.41, 5.74) is 3.33. The fraction of sp³-hybridized carbons (Fsp3) is 0.435. The zero-order valence-corrected chi connectivity index (χ0v) is 16.8. The Labute approximate surface area is 166 Å². The van der Waals surface area contributed by atoms with E-state index in [0.29, 0.717) is 6.04 Å². The molecule has 0 spiro atoms. The number of para-hydroxylation sites is 1. The number of aryl methyl sites for hydroxylation is 1. The van der Waals surface area contributed by atoms with Crippen molar-refractivity contribution in [3.63, 3.8) is 0 Å². The van der Waals surface area contributed by atoms with Gasteiger partial charge in [0.15, 0.2) is 0 Å². The van der Waals surface area contributed by atoms with Crippen LogP contribution in [-0.2, 0) is 6.54 Å². The van der Waals surface area contributed by atoms with Crippen molar-refractivity contribution in [3.8, 4) is 11.3 Å². The molecule has 4 rings (SSSR count). The summed E-state index contributed by atoms with van der Waals surface area (Å²) in [4.78, 5) is 20.3. The van der Waals surface area contributed by atoms with Crippen LogP contribution >= 0.6 is 0 Å². The zero-order valence-electron chi connectivity index (χ0n) is 16.8. The summed E-state index contributed by atoms with van der Waals surface area (Å²) in [7, 11) is 1.96. The van der Waals surface area contributed by atoms with E-state index >= 15 is 0 Å². The number of benzene rings is 1. The molecule has 0 aliphatic heterocycles. The molecule has 28 heavy (non-hydrogen) atoms. The lowest BCUT2D eigenvalue weighted by Gasteiger charge is -2.28. The molecule has 1 aliphatic rings. The van der Waals surface area contributed by atoms with Crippen LogP contribution in [0.1, 0.15) is 55.8 Å². The highest BCUT2D eigenvalue weighted by Crippen LogP contribution is 2.28. The molecule has 1 fully saturated rings. The Kier molecular flexibility index (Phi) is 5.42. The maximum Gasteiger partial charge on any atom is 0.254 e. The van der Waals surface area contributed by atoms with Crippen molar-refractivity contribution in [2.24, 2.45) is 0 Å². The Morgan fingerprint density at radius 3 is 2.64 bits per heavy atom. The van der Waals surface area contributed by atoms with Gasteiger partial charge in [-0.15, -0.1) is 0 Å². The summed E-state index contributed by atoms with van der Waals surface area (Å²) in [5, 5.41) is 5.28. The van der Waals surface area contributed by atoms with Gasteiger partial charge in [0.25, 0.3) is 5.91 Å². The van der Waals surface area contributed by atoms with Gasteiger partial charge in [0.2, 0.25) is 0 Å². The standard InChI is InChI=1S/C23H28N4O/c1-3-27-16-17(15-24-27)22-14-20(19-12-8-9-13-21(19)25-22)23(28)26(2)18-10-6-4-5-7-11-18/h8-9,12-16,18H,3-7,10-11H2,1-2H3. The Bertz CT molecular complexity index is 970. The van der Waals surface area contributed by atoms with Crippen molar-refractivity contribution in [3.05, 3.63) is 48.3 Å². The lowest BCUT2D eigenvalue weighted by Crippen LogP contribution is -2.36. The minimum absolute atomic E-state index is 0.0923. The number of hydrogen-bond donors (Lipinski definition) is 0. The third-order valence-electron chi connectivity index (χ3n) is 5.89. The number of carbonyl (C=O) groups is 1. The van der Waals surface area contributed by atoms with Crippen LogP contribution in [0.3, 0.4) is 0 Å². The summed E-state index contributed by atoms with van der Waals surface area (Å²) >= 11 is 0. The Hall–Kier alpha value is -2.69. The minimum atomic E-state index is 0.0923. The highest BCUT2D eigenvalue weighted by atomic mass is 16.2. The van der Waals surface area contributed by atoms with E-state index in [2.05, 4.69) is 12.0 Å². The third-order valence-corrected chi connectivity index (χ3v) is 5.89. The van der Waals surface area contributed by atoms with Crippen LogP contribution in [0.25, 0.3) is 22.2 Å². The van der Waals surface area contributed by atoms with Crippen LogP contribution in [-0.4, -0.2) is 38.7 Å². The van der Waals surface area contributed by atoms with Gasteiger partial charge in [-0.25, -0.2) is 4.98 Å². The predicted octanol–water partition coefficient (Wildman–Crippen LogP) is 4.91. The SMILES string of the molecule is CCn1cc(-c2cc(C(=O)N(C)C3CCCCCC3)c3ccccc3n2)cn1. The molecule has 1 saturated carbocycles. The maximum atomic E-state index is 13.5. The van der Waals surface area contributed by atoms with Gasteiger partial charge in [-0.2, -0.15) is 5.10 Å². The fourth-order valence-electron chi connectivity index (χ4n) is 4.17. The number of amides is 1. The Morgan fingerprint density at radius 1 is 1.18 bits per heavy atom. The molecule has 0 bridgehead atoms. The molecule has 1 aromatic carbocycles. The molecule has 0 atom stereocenters. The second-order valence-corrected chi connectivity index (χ2v) is 7.72. The van der Waals surface area contributed by atoms with Gasteiger partial charge in [-0.1, -0.05) is 43.9 Å². The molecule has 0 unspecified atom stereocenters. The summed E-state index contributed by atoms with van der Waals surface area (Å²) in [5.74, 6) is 0.0923. The van der Waals surface area contributed by atoms with Gasteiger partial charge >= 0.3 is 0 Å². The van der Waals surface area contributed by atoms with Crippen molar-refractivity contribution in [2.75, 3.05) is 7.05 Å². The van der Waals surface area contributed by atoms with E-state index in [9.17, 15) is 4.79 Å². The zero-order chi connectivity index (χ0) is 19.5. The third kappa shape index (κ3) is 3.66. The molecular weight excluding hydrogens is 348 g/mol. The first kappa shape index (κ1) is 18.7. The molecule has 2 aromatic heterocycles. The van der Waals surface area contributed by atoms with Gasteiger partial charge in [0.1, 0.15) is 0 Å². The molecule has 0 N–H and O–H groups in total. The first-order valence-corrected chi connectivity index (χ1v) is 10.4. The molecule has 146 valence electrons. The molecule has 0 radical (unpaired) electrons. The molecule has 0 saturated heterocycles. The highest BCUT2D eigenvalue weighted by molar-refractivity contribution is 6.07. The van der Waals surface area contributed by atoms with Gasteiger partial charge in [0, 0.05) is 36.8 Å². The van der Waals surface area contributed by atoms with Crippen LogP contribution in [0.4, 0.5) is 0 Å². The topological polar surface area (TPSA) is 51.0 Å². The summed E-state index contributed by atoms with van der Waals surface area (Å²) in [6, 6.07) is 10.2. The fourth-order valence-corrected chi connectivity index (χ4v) is 4.17. The Balaban J connectivity index is 1.75. The minimum Gasteiger partial charge on any atom is -0.339 e. The van der Waals surface area contributed by atoms with Crippen molar-refractivity contribution in [1.29, 1.82) is 0 Å². The molecule has 2 heterocycles. The van der Waals surface area contributed by atoms with Crippen molar-refractivity contribution < 1.29 is 4.79 Å². The van der Waals surface area contributed by atoms with Crippen molar-refractivity contribution >= 4 is 16.8 Å².